The smallest absolute Gasteiger partial charge is 0.445 e. The van der Waals surface area contributed by atoms with Gasteiger partial charge in [0.15, 0.2) is 0 Å². The minimum atomic E-state index is -0.694. The van der Waals surface area contributed by atoms with Gasteiger partial charge in [-0.3, -0.25) is 0 Å². The summed E-state index contributed by atoms with van der Waals surface area (Å²) in [5.74, 6) is 0. The van der Waals surface area contributed by atoms with Gasteiger partial charge in [0.05, 0.1) is 21.2 Å². The molecule has 0 unspecified atom stereocenters. The van der Waals surface area contributed by atoms with Gasteiger partial charge in [-0.25, -0.2) is 4.79 Å². The van der Waals surface area contributed by atoms with Crippen molar-refractivity contribution in [3.63, 3.8) is 0 Å². The minimum absolute atomic E-state index is 0.126. The van der Waals surface area contributed by atoms with Crippen molar-refractivity contribution in [2.24, 2.45) is 0 Å². The number of benzene rings is 2. The fraction of sp³-hybridized carbons (Fsp3) is 0.348. The Balaban J connectivity index is 1.78. The molecule has 2 aromatic rings. The molecular formula is C23H25BCl3NO4. The van der Waals surface area contributed by atoms with Crippen LogP contribution in [0.3, 0.4) is 0 Å². The van der Waals surface area contributed by atoms with Gasteiger partial charge < -0.3 is 19.4 Å². The van der Waals surface area contributed by atoms with E-state index in [4.69, 9.17) is 48.8 Å². The number of nitrogens with one attached hydrogen (secondary N) is 1. The van der Waals surface area contributed by atoms with Crippen LogP contribution in [0.1, 0.15) is 38.8 Å². The highest BCUT2D eigenvalue weighted by atomic mass is 35.5. The van der Waals surface area contributed by atoms with Crippen LogP contribution in [-0.4, -0.2) is 31.0 Å². The standard InChI is InChI=1S/C23H25BCl3NO4/c1-22(2)23(3,4)32-24(31-22)17(10-16-11-19(26)20(27)12-18(16)25)13-28-21(29)30-14-15-8-6-5-7-9-15/h5-12H,13-14H2,1-4H3,(H,28,29). The molecular weight excluding hydrogens is 471 g/mol. The van der Waals surface area contributed by atoms with Gasteiger partial charge in [0.2, 0.25) is 0 Å². The summed E-state index contributed by atoms with van der Waals surface area (Å²) in [6, 6.07) is 12.7. The molecule has 5 nitrogen and oxygen atoms in total. The average Bonchev–Trinajstić information content (AvgIpc) is 2.95. The fourth-order valence-corrected chi connectivity index (χ4v) is 3.60. The van der Waals surface area contributed by atoms with Gasteiger partial charge in [0, 0.05) is 11.6 Å². The number of hydrogen-bond donors (Lipinski definition) is 1. The minimum Gasteiger partial charge on any atom is -0.445 e. The van der Waals surface area contributed by atoms with Gasteiger partial charge in [-0.2, -0.15) is 0 Å². The van der Waals surface area contributed by atoms with Gasteiger partial charge in [0.1, 0.15) is 6.61 Å². The zero-order chi connectivity index (χ0) is 23.5. The summed E-state index contributed by atoms with van der Waals surface area (Å²) in [5.41, 5.74) is 1.08. The topological polar surface area (TPSA) is 56.8 Å². The molecule has 2 aromatic carbocycles. The van der Waals surface area contributed by atoms with Gasteiger partial charge in [-0.1, -0.05) is 71.2 Å². The van der Waals surface area contributed by atoms with Crippen LogP contribution in [0.25, 0.3) is 6.08 Å². The molecule has 3 rings (SSSR count). The summed E-state index contributed by atoms with van der Waals surface area (Å²) in [5, 5.41) is 3.90. The first-order valence-electron chi connectivity index (χ1n) is 10.1. The lowest BCUT2D eigenvalue weighted by molar-refractivity contribution is 0.00578. The second-order valence-electron chi connectivity index (χ2n) is 8.51. The van der Waals surface area contributed by atoms with Crippen LogP contribution < -0.4 is 5.32 Å². The number of halogens is 3. The van der Waals surface area contributed by atoms with Crippen molar-refractivity contribution >= 4 is 54.1 Å². The Morgan fingerprint density at radius 3 is 2.22 bits per heavy atom. The van der Waals surface area contributed by atoms with Crippen LogP contribution in [0.5, 0.6) is 0 Å². The summed E-state index contributed by atoms with van der Waals surface area (Å²) in [6.07, 6.45) is 1.22. The second kappa shape index (κ2) is 10.1. The zero-order valence-corrected chi connectivity index (χ0v) is 20.6. The number of rotatable bonds is 6. The van der Waals surface area contributed by atoms with E-state index in [2.05, 4.69) is 5.32 Å². The predicted octanol–water partition coefficient (Wildman–Crippen LogP) is 6.59. The third-order valence-electron chi connectivity index (χ3n) is 5.59. The molecule has 1 heterocycles. The summed E-state index contributed by atoms with van der Waals surface area (Å²) >= 11 is 18.6. The first-order chi connectivity index (χ1) is 15.0. The van der Waals surface area contributed by atoms with E-state index in [9.17, 15) is 4.79 Å². The molecule has 0 radical (unpaired) electrons. The quantitative estimate of drug-likeness (QED) is 0.362. The van der Waals surface area contributed by atoms with Crippen molar-refractivity contribution in [2.75, 3.05) is 6.54 Å². The monoisotopic (exact) mass is 495 g/mol. The van der Waals surface area contributed by atoms with Gasteiger partial charge in [-0.15, -0.1) is 0 Å². The molecule has 0 spiro atoms. The number of hydrogen-bond acceptors (Lipinski definition) is 4. The molecule has 32 heavy (non-hydrogen) atoms. The summed E-state index contributed by atoms with van der Waals surface area (Å²) in [6.45, 7) is 8.12. The summed E-state index contributed by atoms with van der Waals surface area (Å²) < 4.78 is 17.6. The molecule has 1 fully saturated rings. The SMILES string of the molecule is CC1(C)OB(C(=Cc2cc(Cl)c(Cl)cc2Cl)CNC(=O)OCc2ccccc2)OC1(C)C. The van der Waals surface area contributed by atoms with E-state index in [1.807, 2.05) is 58.0 Å². The fourth-order valence-electron chi connectivity index (χ4n) is 2.99. The number of carbonyl (C=O) groups excluding carboxylic acids is 1. The normalized spacial score (nSPS) is 17.3. The highest BCUT2D eigenvalue weighted by Crippen LogP contribution is 2.39. The number of amides is 1. The van der Waals surface area contributed by atoms with Crippen molar-refractivity contribution in [1.29, 1.82) is 0 Å². The molecule has 0 aromatic heterocycles. The molecule has 9 heteroatoms. The maximum atomic E-state index is 12.3. The van der Waals surface area contributed by atoms with E-state index in [1.54, 1.807) is 18.2 Å². The lowest BCUT2D eigenvalue weighted by Gasteiger charge is -2.32. The molecule has 1 amide bonds. The van der Waals surface area contributed by atoms with Crippen LogP contribution in [-0.2, 0) is 20.7 Å². The van der Waals surface area contributed by atoms with E-state index in [1.165, 1.54) is 0 Å². The number of carbonyl (C=O) groups is 1. The first kappa shape index (κ1) is 24.9. The first-order valence-corrected chi connectivity index (χ1v) is 11.3. The Labute approximate surface area is 204 Å². The van der Waals surface area contributed by atoms with Gasteiger partial charge >= 0.3 is 13.2 Å². The van der Waals surface area contributed by atoms with Crippen LogP contribution in [0, 0.1) is 0 Å². The Morgan fingerprint density at radius 1 is 1.00 bits per heavy atom. The maximum absolute atomic E-state index is 12.3. The van der Waals surface area contributed by atoms with Crippen molar-refractivity contribution < 1.29 is 18.8 Å². The molecule has 1 saturated heterocycles. The zero-order valence-electron chi connectivity index (χ0n) is 18.4. The second-order valence-corrected chi connectivity index (χ2v) is 9.73. The Morgan fingerprint density at radius 2 is 1.59 bits per heavy atom. The van der Waals surface area contributed by atoms with Crippen molar-refractivity contribution in [3.05, 3.63) is 74.1 Å². The highest BCUT2D eigenvalue weighted by molar-refractivity contribution is 6.56. The molecule has 0 bridgehead atoms. The van der Waals surface area contributed by atoms with Crippen LogP contribution >= 0.6 is 34.8 Å². The maximum Gasteiger partial charge on any atom is 0.492 e. The predicted molar refractivity (Wildman–Crippen MR) is 130 cm³/mol. The lowest BCUT2D eigenvalue weighted by Crippen LogP contribution is -2.41. The molecule has 0 aliphatic carbocycles. The average molecular weight is 497 g/mol. The summed E-state index contributed by atoms with van der Waals surface area (Å²) in [7, 11) is -0.694. The van der Waals surface area contributed by atoms with Crippen LogP contribution in [0.15, 0.2) is 47.9 Å². The molecule has 1 N–H and O–H groups in total. The van der Waals surface area contributed by atoms with Gasteiger partial charge in [-0.05, 0) is 56.4 Å². The largest absolute Gasteiger partial charge is 0.492 e. The van der Waals surface area contributed by atoms with Crippen LogP contribution in [0.2, 0.25) is 15.1 Å². The molecule has 0 atom stereocenters. The van der Waals surface area contributed by atoms with E-state index < -0.39 is 24.4 Å². The van der Waals surface area contributed by atoms with Crippen molar-refractivity contribution in [2.45, 2.75) is 45.5 Å². The Kier molecular flexibility index (Phi) is 7.84. The molecule has 0 saturated carbocycles. The lowest BCUT2D eigenvalue weighted by atomic mass is 9.77. The third-order valence-corrected chi connectivity index (χ3v) is 6.64. The van der Waals surface area contributed by atoms with E-state index in [-0.39, 0.29) is 13.2 Å². The highest BCUT2D eigenvalue weighted by Gasteiger charge is 2.52. The molecule has 1 aliphatic rings. The van der Waals surface area contributed by atoms with E-state index in [0.717, 1.165) is 5.56 Å². The molecule has 170 valence electrons. The van der Waals surface area contributed by atoms with Crippen molar-refractivity contribution in [3.8, 4) is 0 Å². The summed E-state index contributed by atoms with van der Waals surface area (Å²) in [4.78, 5) is 12.3. The van der Waals surface area contributed by atoms with Crippen molar-refractivity contribution in [1.82, 2.24) is 5.32 Å². The van der Waals surface area contributed by atoms with E-state index >= 15 is 0 Å². The van der Waals surface area contributed by atoms with E-state index in [0.29, 0.717) is 26.1 Å². The van der Waals surface area contributed by atoms with Gasteiger partial charge in [0.25, 0.3) is 0 Å². The molecule has 1 aliphatic heterocycles. The number of alkyl carbamates (subject to hydrolysis) is 1. The Bertz CT molecular complexity index is 996. The Hall–Kier alpha value is -1.70. The van der Waals surface area contributed by atoms with Crippen LogP contribution in [0.4, 0.5) is 4.79 Å². The third kappa shape index (κ3) is 6.00. The number of ether oxygens (including phenoxy) is 1.